The summed E-state index contributed by atoms with van der Waals surface area (Å²) in [5, 5.41) is 8.05. The van der Waals surface area contributed by atoms with Crippen LogP contribution in [-0.4, -0.2) is 41.0 Å². The summed E-state index contributed by atoms with van der Waals surface area (Å²) in [6, 6.07) is 18.5. The molecule has 0 bridgehead atoms. The summed E-state index contributed by atoms with van der Waals surface area (Å²) in [7, 11) is 0. The number of nitrogens with one attached hydrogen (secondary N) is 2. The van der Waals surface area contributed by atoms with Crippen molar-refractivity contribution in [1.82, 2.24) is 15.2 Å². The van der Waals surface area contributed by atoms with Crippen molar-refractivity contribution in [2.24, 2.45) is 0 Å². The molecule has 30 heavy (non-hydrogen) atoms. The number of anilines is 1. The molecule has 1 atom stereocenters. The van der Waals surface area contributed by atoms with Gasteiger partial charge in [-0.3, -0.25) is 10.1 Å². The summed E-state index contributed by atoms with van der Waals surface area (Å²) in [5.41, 5.74) is 2.81. The Hall–Kier alpha value is -3.19. The minimum Gasteiger partial charge on any atom is -0.341 e. The molecule has 1 aliphatic heterocycles. The molecule has 0 spiro atoms. The second-order valence-electron chi connectivity index (χ2n) is 7.28. The van der Waals surface area contributed by atoms with E-state index in [1.807, 2.05) is 70.9 Å². The molecule has 7 heteroatoms. The van der Waals surface area contributed by atoms with Gasteiger partial charge in [-0.2, -0.15) is 0 Å². The molecule has 154 valence electrons. The van der Waals surface area contributed by atoms with Crippen LogP contribution in [-0.2, 0) is 11.2 Å². The van der Waals surface area contributed by atoms with E-state index in [1.165, 1.54) is 11.3 Å². The van der Waals surface area contributed by atoms with Crippen LogP contribution in [0.1, 0.15) is 18.4 Å². The van der Waals surface area contributed by atoms with Crippen molar-refractivity contribution in [2.45, 2.75) is 25.3 Å². The van der Waals surface area contributed by atoms with Crippen LogP contribution in [0.5, 0.6) is 0 Å². The van der Waals surface area contributed by atoms with E-state index in [4.69, 9.17) is 0 Å². The van der Waals surface area contributed by atoms with Gasteiger partial charge in [0.15, 0.2) is 5.13 Å². The number of rotatable bonds is 6. The second kappa shape index (κ2) is 9.54. The fraction of sp³-hybridized carbons (Fsp3) is 0.261. The van der Waals surface area contributed by atoms with Crippen LogP contribution in [0.4, 0.5) is 9.93 Å². The normalized spacial score (nSPS) is 14.3. The number of hydrogen-bond donors (Lipinski definition) is 2. The maximum absolute atomic E-state index is 13.0. The van der Waals surface area contributed by atoms with Crippen molar-refractivity contribution < 1.29 is 9.59 Å². The predicted octanol–water partition coefficient (Wildman–Crippen LogP) is 4.17. The molecule has 1 fully saturated rings. The van der Waals surface area contributed by atoms with Crippen LogP contribution in [0.2, 0.25) is 0 Å². The molecular weight excluding hydrogens is 396 g/mol. The molecule has 3 aromatic rings. The second-order valence-corrected chi connectivity index (χ2v) is 8.14. The molecule has 1 unspecified atom stereocenters. The summed E-state index contributed by atoms with van der Waals surface area (Å²) in [4.78, 5) is 32.0. The number of likely N-dealkylation sites (tertiary alicyclic amines) is 1. The number of amides is 3. The average molecular weight is 421 g/mol. The predicted molar refractivity (Wildman–Crippen MR) is 119 cm³/mol. The molecule has 0 aliphatic carbocycles. The van der Waals surface area contributed by atoms with Gasteiger partial charge in [0.25, 0.3) is 0 Å². The minimum atomic E-state index is -0.612. The first-order chi connectivity index (χ1) is 14.7. The number of carbonyl (C=O) groups is 2. The van der Waals surface area contributed by atoms with Crippen molar-refractivity contribution in [3.8, 4) is 11.3 Å². The monoisotopic (exact) mass is 420 g/mol. The third-order valence-electron chi connectivity index (χ3n) is 5.10. The number of aromatic nitrogens is 1. The minimum absolute atomic E-state index is 0.0318. The molecule has 2 aromatic carbocycles. The zero-order valence-electron chi connectivity index (χ0n) is 16.6. The largest absolute Gasteiger partial charge is 0.341 e. The Morgan fingerprint density at radius 3 is 2.37 bits per heavy atom. The maximum atomic E-state index is 13.0. The lowest BCUT2D eigenvalue weighted by Crippen LogP contribution is -2.50. The number of nitrogens with zero attached hydrogens (tertiary/aromatic N) is 2. The van der Waals surface area contributed by atoms with Crippen molar-refractivity contribution >= 4 is 28.4 Å². The fourth-order valence-electron chi connectivity index (χ4n) is 3.57. The smallest absolute Gasteiger partial charge is 0.321 e. The van der Waals surface area contributed by atoms with Crippen LogP contribution >= 0.6 is 11.3 Å². The van der Waals surface area contributed by atoms with Crippen LogP contribution in [0.15, 0.2) is 66.0 Å². The number of urea groups is 1. The van der Waals surface area contributed by atoms with Gasteiger partial charge < -0.3 is 10.2 Å². The summed E-state index contributed by atoms with van der Waals surface area (Å²) < 4.78 is 0. The molecule has 4 rings (SSSR count). The number of thiazole rings is 1. The van der Waals surface area contributed by atoms with Crippen LogP contribution in [0, 0.1) is 0 Å². The molecule has 1 aromatic heterocycles. The Labute approximate surface area is 180 Å². The molecule has 0 radical (unpaired) electrons. The summed E-state index contributed by atoms with van der Waals surface area (Å²) in [6.45, 7) is 1.50. The van der Waals surface area contributed by atoms with Gasteiger partial charge in [-0.05, 0) is 18.4 Å². The highest BCUT2D eigenvalue weighted by Gasteiger charge is 2.28. The quantitative estimate of drug-likeness (QED) is 0.629. The van der Waals surface area contributed by atoms with E-state index in [1.54, 1.807) is 0 Å². The maximum Gasteiger partial charge on any atom is 0.321 e. The first-order valence-corrected chi connectivity index (χ1v) is 11.0. The Balaban J connectivity index is 1.43. The summed E-state index contributed by atoms with van der Waals surface area (Å²) >= 11 is 1.36. The van der Waals surface area contributed by atoms with E-state index < -0.39 is 12.1 Å². The highest BCUT2D eigenvalue weighted by Crippen LogP contribution is 2.24. The first kappa shape index (κ1) is 20.1. The standard InChI is InChI=1S/C23H24N4O2S/c28-21(27-13-7-8-14-27)19(15-17-9-3-1-4-10-17)24-22(29)26-23-25-20(16-30-23)18-11-5-2-6-12-18/h1-6,9-12,16,19H,7-8,13-15H2,(H2,24,25,26,29). The van der Waals surface area contributed by atoms with E-state index in [9.17, 15) is 9.59 Å². The van der Waals surface area contributed by atoms with Crippen LogP contribution < -0.4 is 10.6 Å². The highest BCUT2D eigenvalue weighted by molar-refractivity contribution is 7.14. The van der Waals surface area contributed by atoms with E-state index in [-0.39, 0.29) is 5.91 Å². The van der Waals surface area contributed by atoms with Gasteiger partial charge in [-0.1, -0.05) is 60.7 Å². The molecular formula is C23H24N4O2S. The van der Waals surface area contributed by atoms with Crippen molar-refractivity contribution in [1.29, 1.82) is 0 Å². The number of carbonyl (C=O) groups excluding carboxylic acids is 2. The highest BCUT2D eigenvalue weighted by atomic mass is 32.1. The Morgan fingerprint density at radius 2 is 1.67 bits per heavy atom. The van der Waals surface area contributed by atoms with Crippen molar-refractivity contribution in [3.05, 3.63) is 71.6 Å². The molecule has 1 aliphatic rings. The molecule has 2 N–H and O–H groups in total. The molecule has 1 saturated heterocycles. The SMILES string of the molecule is O=C(Nc1nc(-c2ccccc2)cs1)NC(Cc1ccccc1)C(=O)N1CCCC1. The van der Waals surface area contributed by atoms with Gasteiger partial charge in [0, 0.05) is 30.5 Å². The lowest BCUT2D eigenvalue weighted by atomic mass is 10.0. The topological polar surface area (TPSA) is 74.3 Å². The molecule has 3 amide bonds. The van der Waals surface area contributed by atoms with Gasteiger partial charge >= 0.3 is 6.03 Å². The third kappa shape index (κ3) is 5.04. The van der Waals surface area contributed by atoms with E-state index in [0.717, 1.165) is 42.8 Å². The molecule has 0 saturated carbocycles. The van der Waals surface area contributed by atoms with Gasteiger partial charge in [-0.25, -0.2) is 9.78 Å². The lowest BCUT2D eigenvalue weighted by Gasteiger charge is -2.24. The zero-order chi connectivity index (χ0) is 20.8. The van der Waals surface area contributed by atoms with Crippen molar-refractivity contribution in [3.63, 3.8) is 0 Å². The van der Waals surface area contributed by atoms with E-state index >= 15 is 0 Å². The summed E-state index contributed by atoms with van der Waals surface area (Å²) in [6.07, 6.45) is 2.48. The Kier molecular flexibility index (Phi) is 6.39. The average Bonchev–Trinajstić information content (AvgIpc) is 3.47. The molecule has 2 heterocycles. The van der Waals surface area contributed by atoms with Crippen LogP contribution in [0.25, 0.3) is 11.3 Å². The Bertz CT molecular complexity index is 985. The zero-order valence-corrected chi connectivity index (χ0v) is 17.4. The van der Waals surface area contributed by atoms with E-state index in [2.05, 4.69) is 15.6 Å². The number of benzene rings is 2. The fourth-order valence-corrected chi connectivity index (χ4v) is 4.29. The Morgan fingerprint density at radius 1 is 1.00 bits per heavy atom. The van der Waals surface area contributed by atoms with Gasteiger partial charge in [0.1, 0.15) is 6.04 Å². The van der Waals surface area contributed by atoms with Gasteiger partial charge in [0.05, 0.1) is 5.69 Å². The van der Waals surface area contributed by atoms with Crippen molar-refractivity contribution in [2.75, 3.05) is 18.4 Å². The number of hydrogen-bond acceptors (Lipinski definition) is 4. The van der Waals surface area contributed by atoms with E-state index in [0.29, 0.717) is 11.6 Å². The lowest BCUT2D eigenvalue weighted by molar-refractivity contribution is -0.132. The molecule has 6 nitrogen and oxygen atoms in total. The first-order valence-electron chi connectivity index (χ1n) is 10.1. The van der Waals surface area contributed by atoms with Gasteiger partial charge in [0.2, 0.25) is 5.91 Å². The summed E-state index contributed by atoms with van der Waals surface area (Å²) in [5.74, 6) is -0.0318. The third-order valence-corrected chi connectivity index (χ3v) is 5.86. The van der Waals surface area contributed by atoms with Crippen LogP contribution in [0.3, 0.4) is 0 Å². The van der Waals surface area contributed by atoms with Gasteiger partial charge in [-0.15, -0.1) is 11.3 Å².